The minimum absolute atomic E-state index is 0.111. The van der Waals surface area contributed by atoms with Gasteiger partial charge in [-0.2, -0.15) is 13.5 Å². The molecule has 0 aromatic heterocycles. The van der Waals surface area contributed by atoms with Crippen LogP contribution < -0.4 is 4.83 Å². The van der Waals surface area contributed by atoms with Gasteiger partial charge in [0, 0.05) is 18.6 Å². The molecule has 1 aromatic carbocycles. The zero-order valence-electron chi connectivity index (χ0n) is 10.7. The summed E-state index contributed by atoms with van der Waals surface area (Å²) in [4.78, 5) is 13.6. The van der Waals surface area contributed by atoms with Crippen LogP contribution in [0.2, 0.25) is 0 Å². The number of carbonyl (C=O) groups is 1. The van der Waals surface area contributed by atoms with E-state index >= 15 is 0 Å². The maximum Gasteiger partial charge on any atom is 0.276 e. The van der Waals surface area contributed by atoms with Crippen molar-refractivity contribution in [2.45, 2.75) is 37.5 Å². The van der Waals surface area contributed by atoms with Crippen molar-refractivity contribution in [1.29, 1.82) is 0 Å². The molecule has 102 valence electrons. The molecule has 0 atom stereocenters. The Morgan fingerprint density at radius 2 is 1.84 bits per heavy atom. The Kier molecular flexibility index (Phi) is 3.99. The van der Waals surface area contributed by atoms with Gasteiger partial charge < -0.3 is 0 Å². The van der Waals surface area contributed by atoms with Crippen LogP contribution >= 0.6 is 0 Å². The number of hydrogen-bond acceptors (Lipinski definition) is 4. The molecule has 1 N–H and O–H groups in total. The third-order valence-corrected chi connectivity index (χ3v) is 4.20. The molecule has 0 aliphatic heterocycles. The van der Waals surface area contributed by atoms with E-state index in [0.717, 1.165) is 12.0 Å². The smallest absolute Gasteiger partial charge is 0.276 e. The van der Waals surface area contributed by atoms with Gasteiger partial charge in [0.15, 0.2) is 0 Å². The van der Waals surface area contributed by atoms with Crippen LogP contribution in [0, 0.1) is 6.92 Å². The minimum atomic E-state index is -3.64. The van der Waals surface area contributed by atoms with Gasteiger partial charge in [-0.1, -0.05) is 17.7 Å². The van der Waals surface area contributed by atoms with Crippen molar-refractivity contribution in [3.63, 3.8) is 0 Å². The monoisotopic (exact) mass is 280 g/mol. The summed E-state index contributed by atoms with van der Waals surface area (Å²) in [5.74, 6) is 0.111. The SMILES string of the molecule is Cc1ccc(S(=O)(=O)N/N=C2/CCCC(=O)C2)cc1. The summed E-state index contributed by atoms with van der Waals surface area (Å²) in [7, 11) is -3.64. The van der Waals surface area contributed by atoms with E-state index in [0.29, 0.717) is 18.6 Å². The lowest BCUT2D eigenvalue weighted by atomic mass is 9.97. The molecular weight excluding hydrogens is 264 g/mol. The minimum Gasteiger partial charge on any atom is -0.299 e. The van der Waals surface area contributed by atoms with E-state index in [-0.39, 0.29) is 17.1 Å². The molecule has 6 heteroatoms. The molecule has 1 aromatic rings. The quantitative estimate of drug-likeness (QED) is 0.857. The summed E-state index contributed by atoms with van der Waals surface area (Å²) < 4.78 is 23.9. The lowest BCUT2D eigenvalue weighted by Crippen LogP contribution is -2.23. The van der Waals surface area contributed by atoms with E-state index in [9.17, 15) is 13.2 Å². The molecule has 0 heterocycles. The van der Waals surface area contributed by atoms with Gasteiger partial charge in [0.05, 0.1) is 4.90 Å². The first kappa shape index (κ1) is 13.7. The number of Topliss-reactive ketones (excluding diaryl/α,β-unsaturated/α-hetero) is 1. The summed E-state index contributed by atoms with van der Waals surface area (Å²) >= 11 is 0. The molecule has 0 bridgehead atoms. The van der Waals surface area contributed by atoms with Crippen LogP contribution in [-0.4, -0.2) is 19.9 Å². The van der Waals surface area contributed by atoms with Gasteiger partial charge in [-0.3, -0.25) is 4.79 Å². The van der Waals surface area contributed by atoms with Crippen LogP contribution in [-0.2, 0) is 14.8 Å². The van der Waals surface area contributed by atoms with E-state index in [1.54, 1.807) is 12.1 Å². The first-order chi connectivity index (χ1) is 8.97. The van der Waals surface area contributed by atoms with E-state index in [2.05, 4.69) is 9.93 Å². The summed E-state index contributed by atoms with van der Waals surface area (Å²) in [6.45, 7) is 1.89. The Bertz CT molecular complexity index is 603. The highest BCUT2D eigenvalue weighted by molar-refractivity contribution is 7.89. The second kappa shape index (κ2) is 5.52. The number of carbonyl (C=O) groups excluding carboxylic acids is 1. The molecule has 1 aliphatic rings. The van der Waals surface area contributed by atoms with E-state index in [1.807, 2.05) is 6.92 Å². The number of nitrogens with zero attached hydrogens (tertiary/aromatic N) is 1. The first-order valence-corrected chi connectivity index (χ1v) is 7.61. The number of benzene rings is 1. The highest BCUT2D eigenvalue weighted by atomic mass is 32.2. The molecule has 0 unspecified atom stereocenters. The summed E-state index contributed by atoms with van der Waals surface area (Å²) in [6, 6.07) is 6.52. The zero-order chi connectivity index (χ0) is 13.9. The normalized spacial score (nSPS) is 18.6. The number of hydrogen-bond donors (Lipinski definition) is 1. The zero-order valence-corrected chi connectivity index (χ0v) is 11.5. The van der Waals surface area contributed by atoms with Gasteiger partial charge in [0.1, 0.15) is 5.78 Å². The van der Waals surface area contributed by atoms with Crippen molar-refractivity contribution in [2.75, 3.05) is 0 Å². The largest absolute Gasteiger partial charge is 0.299 e. The van der Waals surface area contributed by atoms with Crippen molar-refractivity contribution in [3.8, 4) is 0 Å². The molecule has 2 rings (SSSR count). The van der Waals surface area contributed by atoms with Crippen LogP contribution in [0.4, 0.5) is 0 Å². The number of sulfonamides is 1. The Hall–Kier alpha value is -1.69. The Morgan fingerprint density at radius 3 is 2.47 bits per heavy atom. The summed E-state index contributed by atoms with van der Waals surface area (Å²) in [5, 5.41) is 3.86. The highest BCUT2D eigenvalue weighted by Gasteiger charge is 2.17. The predicted molar refractivity (Wildman–Crippen MR) is 72.4 cm³/mol. The van der Waals surface area contributed by atoms with Gasteiger partial charge in [-0.25, -0.2) is 4.83 Å². The fourth-order valence-electron chi connectivity index (χ4n) is 1.88. The number of ketones is 1. The van der Waals surface area contributed by atoms with Gasteiger partial charge in [-0.15, -0.1) is 0 Å². The third kappa shape index (κ3) is 3.64. The first-order valence-electron chi connectivity index (χ1n) is 6.13. The predicted octanol–water partition coefficient (Wildman–Crippen LogP) is 1.77. The molecule has 1 fully saturated rings. The van der Waals surface area contributed by atoms with Gasteiger partial charge in [0.25, 0.3) is 10.0 Å². The van der Waals surface area contributed by atoms with Crippen LogP contribution in [0.3, 0.4) is 0 Å². The van der Waals surface area contributed by atoms with Crippen LogP contribution in [0.15, 0.2) is 34.3 Å². The summed E-state index contributed by atoms with van der Waals surface area (Å²) in [6.07, 6.45) is 2.21. The number of aryl methyl sites for hydroxylation is 1. The van der Waals surface area contributed by atoms with Crippen LogP contribution in [0.5, 0.6) is 0 Å². The van der Waals surface area contributed by atoms with Crippen LogP contribution in [0.25, 0.3) is 0 Å². The van der Waals surface area contributed by atoms with E-state index < -0.39 is 10.0 Å². The maximum atomic E-state index is 12.0. The van der Waals surface area contributed by atoms with Crippen molar-refractivity contribution in [1.82, 2.24) is 4.83 Å². The van der Waals surface area contributed by atoms with Gasteiger partial charge in [-0.05, 0) is 31.9 Å². The molecular formula is C13H16N2O3S. The average molecular weight is 280 g/mol. The second-order valence-corrected chi connectivity index (χ2v) is 6.32. The molecule has 19 heavy (non-hydrogen) atoms. The maximum absolute atomic E-state index is 12.0. The van der Waals surface area contributed by atoms with Crippen molar-refractivity contribution < 1.29 is 13.2 Å². The van der Waals surface area contributed by atoms with Crippen molar-refractivity contribution in [3.05, 3.63) is 29.8 Å². The molecule has 1 saturated carbocycles. The third-order valence-electron chi connectivity index (χ3n) is 2.98. The lowest BCUT2D eigenvalue weighted by Gasteiger charge is -2.12. The lowest BCUT2D eigenvalue weighted by molar-refractivity contribution is -0.118. The molecule has 0 radical (unpaired) electrons. The topological polar surface area (TPSA) is 75.6 Å². The Balaban J connectivity index is 2.11. The van der Waals surface area contributed by atoms with E-state index in [4.69, 9.17) is 0 Å². The fourth-order valence-corrected chi connectivity index (χ4v) is 2.73. The number of nitrogens with one attached hydrogen (secondary N) is 1. The summed E-state index contributed by atoms with van der Waals surface area (Å²) in [5.41, 5.74) is 1.59. The number of hydrazone groups is 1. The second-order valence-electron chi connectivity index (χ2n) is 4.65. The standard InChI is InChI=1S/C13H16N2O3S/c1-10-5-7-13(8-6-10)19(17,18)15-14-11-3-2-4-12(16)9-11/h5-8,15H,2-4,9H2,1H3/b14-11-. The van der Waals surface area contributed by atoms with E-state index in [1.165, 1.54) is 12.1 Å². The molecule has 0 amide bonds. The van der Waals surface area contributed by atoms with Crippen LogP contribution in [0.1, 0.15) is 31.2 Å². The Morgan fingerprint density at radius 1 is 1.16 bits per heavy atom. The fraction of sp³-hybridized carbons (Fsp3) is 0.385. The highest BCUT2D eigenvalue weighted by Crippen LogP contribution is 2.13. The van der Waals surface area contributed by atoms with Gasteiger partial charge in [0.2, 0.25) is 0 Å². The van der Waals surface area contributed by atoms with Crippen molar-refractivity contribution >= 4 is 21.5 Å². The van der Waals surface area contributed by atoms with Gasteiger partial charge >= 0.3 is 0 Å². The Labute approximate surface area is 112 Å². The molecule has 0 saturated heterocycles. The molecule has 1 aliphatic carbocycles. The van der Waals surface area contributed by atoms with Crippen molar-refractivity contribution in [2.24, 2.45) is 5.10 Å². The molecule has 0 spiro atoms. The number of rotatable bonds is 3. The molecule has 5 nitrogen and oxygen atoms in total. The average Bonchev–Trinajstić information content (AvgIpc) is 2.37.